The topological polar surface area (TPSA) is 38.7 Å². The summed E-state index contributed by atoms with van der Waals surface area (Å²) in [4.78, 5) is 0. The van der Waals surface area contributed by atoms with Gasteiger partial charge in [-0.25, -0.2) is 0 Å². The van der Waals surface area contributed by atoms with Gasteiger partial charge in [-0.15, -0.1) is 0 Å². The van der Waals surface area contributed by atoms with E-state index >= 15 is 0 Å². The first-order valence-corrected chi connectivity index (χ1v) is 7.73. The summed E-state index contributed by atoms with van der Waals surface area (Å²) in [6.07, 6.45) is 8.69. The van der Waals surface area contributed by atoms with E-state index in [9.17, 15) is 0 Å². The molecule has 3 heteroatoms. The number of hydrogen-bond acceptors (Lipinski definition) is 3. The van der Waals surface area contributed by atoms with Crippen molar-refractivity contribution in [3.8, 4) is 0 Å². The van der Waals surface area contributed by atoms with Gasteiger partial charge >= 0.3 is 0 Å². The van der Waals surface area contributed by atoms with Gasteiger partial charge < -0.3 is 14.6 Å². The van der Waals surface area contributed by atoms with Gasteiger partial charge in [0.05, 0.1) is 12.7 Å². The van der Waals surface area contributed by atoms with E-state index in [-0.39, 0.29) is 18.5 Å². The lowest BCUT2D eigenvalue weighted by Gasteiger charge is -2.61. The van der Waals surface area contributed by atoms with Gasteiger partial charge in [0.1, 0.15) is 0 Å². The molecule has 5 aliphatic rings. The summed E-state index contributed by atoms with van der Waals surface area (Å²) >= 11 is 0. The predicted molar refractivity (Wildman–Crippen MR) is 66.9 cm³/mol. The fourth-order valence-electron chi connectivity index (χ4n) is 5.32. The first kappa shape index (κ1) is 11.7. The average molecular weight is 252 g/mol. The van der Waals surface area contributed by atoms with Crippen LogP contribution in [0.15, 0.2) is 0 Å². The quantitative estimate of drug-likeness (QED) is 0.819. The van der Waals surface area contributed by atoms with Crippen molar-refractivity contribution in [1.29, 1.82) is 0 Å². The average Bonchev–Trinajstić information content (AvgIpc) is 2.36. The Morgan fingerprint density at radius 3 is 2.28 bits per heavy atom. The maximum absolute atomic E-state index is 9.14. The van der Waals surface area contributed by atoms with E-state index in [1.165, 1.54) is 32.1 Å². The molecular formula is C15H24O3. The molecule has 1 atom stereocenters. The van der Waals surface area contributed by atoms with Gasteiger partial charge in [0.2, 0.25) is 0 Å². The molecule has 4 aliphatic carbocycles. The molecule has 0 radical (unpaired) electrons. The highest BCUT2D eigenvalue weighted by Gasteiger charge is 2.60. The van der Waals surface area contributed by atoms with Crippen LogP contribution in [0.3, 0.4) is 0 Å². The van der Waals surface area contributed by atoms with Crippen molar-refractivity contribution in [2.75, 3.05) is 13.2 Å². The molecule has 1 saturated heterocycles. The minimum atomic E-state index is -0.258. The van der Waals surface area contributed by atoms with Crippen LogP contribution in [0.5, 0.6) is 0 Å². The molecule has 1 aliphatic heterocycles. The Hall–Kier alpha value is -0.120. The van der Waals surface area contributed by atoms with Crippen molar-refractivity contribution in [3.63, 3.8) is 0 Å². The Morgan fingerprint density at radius 1 is 1.00 bits per heavy atom. The van der Waals surface area contributed by atoms with E-state index in [1.807, 2.05) is 0 Å². The minimum absolute atomic E-state index is 0.223. The zero-order valence-corrected chi connectivity index (χ0v) is 11.0. The van der Waals surface area contributed by atoms with Gasteiger partial charge in [0.25, 0.3) is 0 Å². The number of hydrogen-bond donors (Lipinski definition) is 1. The second-order valence-corrected chi connectivity index (χ2v) is 6.92. The monoisotopic (exact) mass is 252 g/mol. The molecule has 3 nitrogen and oxygen atoms in total. The van der Waals surface area contributed by atoms with Gasteiger partial charge in [-0.2, -0.15) is 0 Å². The van der Waals surface area contributed by atoms with Crippen molar-refractivity contribution >= 4 is 0 Å². The molecular weight excluding hydrogens is 228 g/mol. The molecule has 102 valence electrons. The van der Waals surface area contributed by atoms with Crippen LogP contribution in [0.4, 0.5) is 0 Å². The van der Waals surface area contributed by atoms with Crippen LogP contribution in [0.25, 0.3) is 0 Å². The molecule has 5 rings (SSSR count). The van der Waals surface area contributed by atoms with Gasteiger partial charge in [0, 0.05) is 18.4 Å². The summed E-state index contributed by atoms with van der Waals surface area (Å²) in [5.74, 6) is 2.91. The van der Waals surface area contributed by atoms with Crippen LogP contribution in [-0.2, 0) is 9.47 Å². The maximum Gasteiger partial charge on any atom is 0.174 e. The first-order valence-electron chi connectivity index (χ1n) is 7.73. The smallest absolute Gasteiger partial charge is 0.174 e. The maximum atomic E-state index is 9.14. The van der Waals surface area contributed by atoms with Gasteiger partial charge in [-0.05, 0) is 56.8 Å². The highest BCUT2D eigenvalue weighted by Crippen LogP contribution is 2.61. The summed E-state index contributed by atoms with van der Waals surface area (Å²) in [5, 5.41) is 9.14. The van der Waals surface area contributed by atoms with Gasteiger partial charge in [-0.1, -0.05) is 0 Å². The number of aliphatic hydroxyl groups is 1. The largest absolute Gasteiger partial charge is 0.396 e. The highest BCUT2D eigenvalue weighted by atomic mass is 16.7. The number of aliphatic hydroxyl groups excluding tert-OH is 1. The van der Waals surface area contributed by atoms with E-state index in [4.69, 9.17) is 14.6 Å². The molecule has 0 aromatic rings. The van der Waals surface area contributed by atoms with E-state index < -0.39 is 0 Å². The third-order valence-electron chi connectivity index (χ3n) is 5.85. The van der Waals surface area contributed by atoms with E-state index in [0.717, 1.165) is 31.3 Å². The molecule has 1 heterocycles. The van der Waals surface area contributed by atoms with Gasteiger partial charge in [-0.3, -0.25) is 0 Å². The second-order valence-electron chi connectivity index (χ2n) is 6.92. The zero-order valence-electron chi connectivity index (χ0n) is 11.0. The molecule has 0 unspecified atom stereocenters. The molecule has 5 fully saturated rings. The number of rotatable bonds is 2. The molecule has 4 bridgehead atoms. The van der Waals surface area contributed by atoms with Crippen molar-refractivity contribution in [1.82, 2.24) is 0 Å². The molecule has 18 heavy (non-hydrogen) atoms. The lowest BCUT2D eigenvalue weighted by Crippen LogP contribution is -2.63. The third kappa shape index (κ3) is 1.60. The highest BCUT2D eigenvalue weighted by molar-refractivity contribution is 5.04. The molecule has 1 N–H and O–H groups in total. The first-order chi connectivity index (χ1) is 8.80. The van der Waals surface area contributed by atoms with Crippen LogP contribution in [0, 0.1) is 23.7 Å². The van der Waals surface area contributed by atoms with Crippen molar-refractivity contribution in [2.45, 2.75) is 56.8 Å². The molecule has 0 amide bonds. The normalized spacial score (nSPS) is 54.2. The molecule has 1 spiro atoms. The Balaban J connectivity index is 1.58. The van der Waals surface area contributed by atoms with Crippen molar-refractivity contribution in [2.24, 2.45) is 23.7 Å². The minimum Gasteiger partial charge on any atom is -0.396 e. The Labute approximate surface area is 109 Å². The molecule has 0 aromatic carbocycles. The van der Waals surface area contributed by atoms with Crippen LogP contribution in [0.2, 0.25) is 0 Å². The third-order valence-corrected chi connectivity index (χ3v) is 5.85. The zero-order chi connectivity index (χ0) is 12.2. The summed E-state index contributed by atoms with van der Waals surface area (Å²) < 4.78 is 12.6. The van der Waals surface area contributed by atoms with Crippen molar-refractivity contribution < 1.29 is 14.6 Å². The number of ether oxygens (including phenoxy) is 2. The lowest BCUT2D eigenvalue weighted by atomic mass is 9.53. The van der Waals surface area contributed by atoms with E-state index in [1.54, 1.807) is 0 Å². The Bertz CT molecular complexity index is 298. The summed E-state index contributed by atoms with van der Waals surface area (Å²) in [6.45, 7) is 1.06. The lowest BCUT2D eigenvalue weighted by molar-refractivity contribution is -0.376. The SMILES string of the molecule is OCC[C@@H]1CCOC2(O1)C1CC3CC(C1)CC2C3. The fourth-order valence-corrected chi connectivity index (χ4v) is 5.32. The predicted octanol–water partition coefficient (Wildman–Crippen LogP) is 2.33. The van der Waals surface area contributed by atoms with E-state index in [2.05, 4.69) is 0 Å². The van der Waals surface area contributed by atoms with Crippen LogP contribution in [-0.4, -0.2) is 30.2 Å². The summed E-state index contributed by atoms with van der Waals surface area (Å²) in [7, 11) is 0. The fraction of sp³-hybridized carbons (Fsp3) is 1.00. The molecule has 0 aromatic heterocycles. The standard InChI is InChI=1S/C15H24O3/c16-3-1-14-2-4-17-15(18-14)12-6-10-5-11(8-12)9-13(15)7-10/h10-14,16H,1-9H2/t10?,11?,12?,13?,14-,15?/m1/s1. The van der Waals surface area contributed by atoms with Crippen molar-refractivity contribution in [3.05, 3.63) is 0 Å². The molecule has 4 saturated carbocycles. The van der Waals surface area contributed by atoms with Crippen LogP contribution in [0.1, 0.15) is 44.9 Å². The van der Waals surface area contributed by atoms with E-state index in [0.29, 0.717) is 11.8 Å². The Kier molecular flexibility index (Phi) is 2.72. The van der Waals surface area contributed by atoms with Gasteiger partial charge in [0.15, 0.2) is 5.79 Å². The summed E-state index contributed by atoms with van der Waals surface area (Å²) in [6, 6.07) is 0. The second kappa shape index (κ2) is 4.19. The van der Waals surface area contributed by atoms with Crippen LogP contribution >= 0.6 is 0 Å². The van der Waals surface area contributed by atoms with Crippen LogP contribution < -0.4 is 0 Å². The summed E-state index contributed by atoms with van der Waals surface area (Å²) in [5.41, 5.74) is 0. The Morgan fingerprint density at radius 2 is 1.67 bits per heavy atom.